The highest BCUT2D eigenvalue weighted by Gasteiger charge is 2.33. The fourth-order valence-electron chi connectivity index (χ4n) is 2.09. The molecule has 0 N–H and O–H groups in total. The highest BCUT2D eigenvalue weighted by Crippen LogP contribution is 2.36. The average Bonchev–Trinajstić information content (AvgIpc) is 2.46. The topological polar surface area (TPSA) is 26.3 Å². The minimum atomic E-state index is 0.192. The monoisotopic (exact) mass is 178 g/mol. The van der Waals surface area contributed by atoms with Crippen molar-refractivity contribution in [2.45, 2.75) is 26.2 Å². The van der Waals surface area contributed by atoms with Crippen LogP contribution in [0, 0.1) is 5.92 Å². The molecule has 0 aromatic rings. The number of hydrogen-bond acceptors (Lipinski definition) is 2. The summed E-state index contributed by atoms with van der Waals surface area (Å²) in [7, 11) is 0. The van der Waals surface area contributed by atoms with Crippen LogP contribution in [-0.2, 0) is 9.53 Å². The quantitative estimate of drug-likeness (QED) is 0.575. The molecule has 0 aromatic heterocycles. The van der Waals surface area contributed by atoms with Crippen LogP contribution in [0.2, 0.25) is 0 Å². The number of hydrogen-bond donors (Lipinski definition) is 0. The SMILES string of the molecule is CC=CC1CC(=O)C2=C1CCCO2. The predicted molar refractivity (Wildman–Crippen MR) is 50.1 cm³/mol. The van der Waals surface area contributed by atoms with Crippen molar-refractivity contribution in [2.75, 3.05) is 6.61 Å². The molecular formula is C11H14O2. The van der Waals surface area contributed by atoms with Crippen LogP contribution >= 0.6 is 0 Å². The Kier molecular flexibility index (Phi) is 2.21. The van der Waals surface area contributed by atoms with E-state index < -0.39 is 0 Å². The van der Waals surface area contributed by atoms with Gasteiger partial charge in [0.1, 0.15) is 0 Å². The Balaban J connectivity index is 2.27. The van der Waals surface area contributed by atoms with Gasteiger partial charge in [-0.05, 0) is 25.3 Å². The standard InChI is InChI=1S/C11H14O2/c1-2-4-8-7-10(12)11-9(8)5-3-6-13-11/h2,4,8H,3,5-7H2,1H3. The molecule has 70 valence electrons. The summed E-state index contributed by atoms with van der Waals surface area (Å²) in [6, 6.07) is 0. The molecule has 0 bridgehead atoms. The molecule has 0 amide bonds. The maximum atomic E-state index is 11.5. The number of allylic oxidation sites excluding steroid dienone is 4. The molecule has 0 fully saturated rings. The molecule has 1 unspecified atom stereocenters. The van der Waals surface area contributed by atoms with Crippen LogP contribution in [0.5, 0.6) is 0 Å². The van der Waals surface area contributed by atoms with Gasteiger partial charge in [-0.2, -0.15) is 0 Å². The zero-order valence-electron chi connectivity index (χ0n) is 7.88. The van der Waals surface area contributed by atoms with E-state index in [0.717, 1.165) is 12.8 Å². The van der Waals surface area contributed by atoms with Gasteiger partial charge in [0.05, 0.1) is 6.61 Å². The van der Waals surface area contributed by atoms with Crippen molar-refractivity contribution in [1.82, 2.24) is 0 Å². The van der Waals surface area contributed by atoms with Gasteiger partial charge < -0.3 is 4.74 Å². The number of rotatable bonds is 1. The van der Waals surface area contributed by atoms with Crippen molar-refractivity contribution >= 4 is 5.78 Å². The van der Waals surface area contributed by atoms with Gasteiger partial charge in [0, 0.05) is 12.3 Å². The van der Waals surface area contributed by atoms with Gasteiger partial charge >= 0.3 is 0 Å². The van der Waals surface area contributed by atoms with E-state index in [4.69, 9.17) is 4.74 Å². The molecule has 1 aliphatic carbocycles. The smallest absolute Gasteiger partial charge is 0.198 e. The second-order valence-corrected chi connectivity index (χ2v) is 3.57. The first-order valence-electron chi connectivity index (χ1n) is 4.84. The number of ketones is 1. The highest BCUT2D eigenvalue weighted by atomic mass is 16.5. The molecular weight excluding hydrogens is 164 g/mol. The van der Waals surface area contributed by atoms with Crippen LogP contribution < -0.4 is 0 Å². The third-order valence-electron chi connectivity index (χ3n) is 2.66. The Hall–Kier alpha value is -1.05. The van der Waals surface area contributed by atoms with E-state index in [1.165, 1.54) is 5.57 Å². The Morgan fingerprint density at radius 2 is 2.38 bits per heavy atom. The third-order valence-corrected chi connectivity index (χ3v) is 2.66. The highest BCUT2D eigenvalue weighted by molar-refractivity contribution is 5.97. The Morgan fingerprint density at radius 1 is 1.54 bits per heavy atom. The van der Waals surface area contributed by atoms with Crippen molar-refractivity contribution in [2.24, 2.45) is 5.92 Å². The molecule has 0 spiro atoms. The normalized spacial score (nSPS) is 28.1. The number of ether oxygens (including phenoxy) is 1. The molecule has 1 aliphatic heterocycles. The summed E-state index contributed by atoms with van der Waals surface area (Å²) >= 11 is 0. The van der Waals surface area contributed by atoms with E-state index in [2.05, 4.69) is 6.08 Å². The molecule has 13 heavy (non-hydrogen) atoms. The molecule has 0 radical (unpaired) electrons. The maximum absolute atomic E-state index is 11.5. The van der Waals surface area contributed by atoms with Crippen LogP contribution in [0.15, 0.2) is 23.5 Å². The van der Waals surface area contributed by atoms with E-state index >= 15 is 0 Å². The van der Waals surface area contributed by atoms with Crippen molar-refractivity contribution in [3.8, 4) is 0 Å². The van der Waals surface area contributed by atoms with Gasteiger partial charge in [-0.25, -0.2) is 0 Å². The summed E-state index contributed by atoms with van der Waals surface area (Å²) < 4.78 is 5.39. The van der Waals surface area contributed by atoms with Crippen molar-refractivity contribution in [3.63, 3.8) is 0 Å². The lowest BCUT2D eigenvalue weighted by atomic mass is 9.96. The number of Topliss-reactive ketones (excluding diaryl/α,β-unsaturated/α-hetero) is 1. The molecule has 0 saturated carbocycles. The van der Waals surface area contributed by atoms with Crippen molar-refractivity contribution in [1.29, 1.82) is 0 Å². The van der Waals surface area contributed by atoms with Gasteiger partial charge in [0.15, 0.2) is 11.5 Å². The summed E-state index contributed by atoms with van der Waals surface area (Å²) in [5.41, 5.74) is 1.23. The number of carbonyl (C=O) groups is 1. The van der Waals surface area contributed by atoms with Crippen molar-refractivity contribution in [3.05, 3.63) is 23.5 Å². The zero-order chi connectivity index (χ0) is 9.26. The summed E-state index contributed by atoms with van der Waals surface area (Å²) in [6.07, 6.45) is 6.84. The molecule has 2 aliphatic rings. The predicted octanol–water partition coefficient (Wildman–Crippen LogP) is 2.22. The van der Waals surface area contributed by atoms with Crippen LogP contribution in [0.1, 0.15) is 26.2 Å². The van der Waals surface area contributed by atoms with Crippen molar-refractivity contribution < 1.29 is 9.53 Å². The minimum absolute atomic E-state index is 0.192. The fraction of sp³-hybridized carbons (Fsp3) is 0.545. The zero-order valence-corrected chi connectivity index (χ0v) is 7.88. The van der Waals surface area contributed by atoms with E-state index in [1.54, 1.807) is 0 Å². The summed E-state index contributed by atoms with van der Waals surface area (Å²) in [5.74, 6) is 1.19. The summed E-state index contributed by atoms with van der Waals surface area (Å²) in [6.45, 7) is 2.71. The van der Waals surface area contributed by atoms with E-state index in [1.807, 2.05) is 13.0 Å². The second-order valence-electron chi connectivity index (χ2n) is 3.57. The lowest BCUT2D eigenvalue weighted by molar-refractivity contribution is -0.118. The Labute approximate surface area is 78.3 Å². The van der Waals surface area contributed by atoms with E-state index in [9.17, 15) is 4.79 Å². The largest absolute Gasteiger partial charge is 0.490 e. The van der Waals surface area contributed by atoms with Gasteiger partial charge in [-0.1, -0.05) is 12.2 Å². The molecule has 2 nitrogen and oxygen atoms in total. The lowest BCUT2D eigenvalue weighted by Gasteiger charge is -2.16. The average molecular weight is 178 g/mol. The minimum Gasteiger partial charge on any atom is -0.490 e. The fourth-order valence-corrected chi connectivity index (χ4v) is 2.09. The van der Waals surface area contributed by atoms with Gasteiger partial charge in [-0.3, -0.25) is 4.79 Å². The van der Waals surface area contributed by atoms with Crippen LogP contribution in [-0.4, -0.2) is 12.4 Å². The van der Waals surface area contributed by atoms with Gasteiger partial charge in [0.2, 0.25) is 0 Å². The molecule has 1 heterocycles. The maximum Gasteiger partial charge on any atom is 0.198 e. The van der Waals surface area contributed by atoms with Gasteiger partial charge in [0.25, 0.3) is 0 Å². The molecule has 2 rings (SSSR count). The number of carbonyl (C=O) groups excluding carboxylic acids is 1. The molecule has 0 aromatic carbocycles. The van der Waals surface area contributed by atoms with Crippen LogP contribution in [0.3, 0.4) is 0 Å². The van der Waals surface area contributed by atoms with Crippen LogP contribution in [0.4, 0.5) is 0 Å². The summed E-state index contributed by atoms with van der Waals surface area (Å²) in [5, 5.41) is 0. The second kappa shape index (κ2) is 3.36. The first-order valence-corrected chi connectivity index (χ1v) is 4.84. The first kappa shape index (κ1) is 8.54. The lowest BCUT2D eigenvalue weighted by Crippen LogP contribution is -2.08. The Morgan fingerprint density at radius 3 is 3.15 bits per heavy atom. The first-order chi connectivity index (χ1) is 6.33. The van der Waals surface area contributed by atoms with Gasteiger partial charge in [-0.15, -0.1) is 0 Å². The van der Waals surface area contributed by atoms with Crippen LogP contribution in [0.25, 0.3) is 0 Å². The summed E-state index contributed by atoms with van der Waals surface area (Å²) in [4.78, 5) is 11.5. The third kappa shape index (κ3) is 1.41. The molecule has 1 atom stereocenters. The Bertz CT molecular complexity index is 286. The molecule has 2 heteroatoms. The van der Waals surface area contributed by atoms with E-state index in [-0.39, 0.29) is 5.78 Å². The van der Waals surface area contributed by atoms with E-state index in [0.29, 0.717) is 24.7 Å². The molecule has 0 saturated heterocycles.